The number of aromatic nitrogens is 2. The Morgan fingerprint density at radius 2 is 1.79 bits per heavy atom. The summed E-state index contributed by atoms with van der Waals surface area (Å²) in [6.45, 7) is 3.93. The van der Waals surface area contributed by atoms with Crippen molar-refractivity contribution >= 4 is 17.5 Å². The molecule has 0 aliphatic carbocycles. The number of aryl methyl sites for hydroxylation is 1. The number of hydrogen-bond acceptors (Lipinski definition) is 5. The van der Waals surface area contributed by atoms with Crippen molar-refractivity contribution in [3.05, 3.63) is 46.2 Å². The number of benzene rings is 1. The number of fused-ring (bicyclic) bond motifs is 1. The average molecular weight is 394 g/mol. The molecular formula is C19H21F3N4O2. The molecule has 6 nitrogen and oxygen atoms in total. The molecule has 1 saturated heterocycles. The molecule has 0 unspecified atom stereocenters. The van der Waals surface area contributed by atoms with Gasteiger partial charge in [-0.15, -0.1) is 0 Å². The van der Waals surface area contributed by atoms with E-state index in [9.17, 15) is 18.0 Å². The van der Waals surface area contributed by atoms with Crippen LogP contribution in [0.2, 0.25) is 0 Å². The van der Waals surface area contributed by atoms with Crippen LogP contribution < -0.4 is 15.4 Å². The first-order chi connectivity index (χ1) is 13.3. The SMILES string of the molecule is Cc1ccc(N2c3nc(N4CCOCC4)cc(=O)n3CC[C@H]2C(F)(F)F)cc1. The quantitative estimate of drug-likeness (QED) is 0.784. The second-order valence-electron chi connectivity index (χ2n) is 7.06. The van der Waals surface area contributed by atoms with Crippen molar-refractivity contribution < 1.29 is 17.9 Å². The first-order valence-corrected chi connectivity index (χ1v) is 9.22. The lowest BCUT2D eigenvalue weighted by Crippen LogP contribution is -2.50. The molecule has 0 spiro atoms. The van der Waals surface area contributed by atoms with Gasteiger partial charge in [0.25, 0.3) is 5.56 Å². The highest BCUT2D eigenvalue weighted by Gasteiger charge is 2.47. The Morgan fingerprint density at radius 1 is 1.11 bits per heavy atom. The van der Waals surface area contributed by atoms with Crippen molar-refractivity contribution in [3.63, 3.8) is 0 Å². The summed E-state index contributed by atoms with van der Waals surface area (Å²) in [4.78, 5) is 20.2. The highest BCUT2D eigenvalue weighted by Crippen LogP contribution is 2.39. The van der Waals surface area contributed by atoms with Crippen molar-refractivity contribution in [2.45, 2.75) is 32.1 Å². The van der Waals surface area contributed by atoms with Gasteiger partial charge in [0.1, 0.15) is 11.9 Å². The van der Waals surface area contributed by atoms with Crippen LogP contribution in [0.5, 0.6) is 0 Å². The second kappa shape index (κ2) is 7.12. The lowest BCUT2D eigenvalue weighted by Gasteiger charge is -2.39. The first-order valence-electron chi connectivity index (χ1n) is 9.22. The molecule has 0 radical (unpaired) electrons. The van der Waals surface area contributed by atoms with E-state index in [4.69, 9.17) is 4.74 Å². The molecule has 1 aromatic carbocycles. The Kier molecular flexibility index (Phi) is 4.78. The molecule has 1 atom stereocenters. The lowest BCUT2D eigenvalue weighted by molar-refractivity contribution is -0.150. The van der Waals surface area contributed by atoms with Crippen molar-refractivity contribution in [2.24, 2.45) is 0 Å². The third kappa shape index (κ3) is 3.46. The van der Waals surface area contributed by atoms with Crippen LogP contribution in [0.25, 0.3) is 0 Å². The third-order valence-electron chi connectivity index (χ3n) is 5.15. The molecule has 0 saturated carbocycles. The molecule has 28 heavy (non-hydrogen) atoms. The molecule has 3 heterocycles. The maximum absolute atomic E-state index is 13.8. The number of ether oxygens (including phenoxy) is 1. The Bertz CT molecular complexity index is 905. The molecule has 1 aromatic heterocycles. The summed E-state index contributed by atoms with van der Waals surface area (Å²) in [5.74, 6) is 0.422. The lowest BCUT2D eigenvalue weighted by atomic mass is 10.1. The van der Waals surface area contributed by atoms with E-state index >= 15 is 0 Å². The molecule has 2 aliphatic heterocycles. The number of halogens is 3. The predicted octanol–water partition coefficient (Wildman–Crippen LogP) is 2.86. The Labute approximate surface area is 160 Å². The smallest absolute Gasteiger partial charge is 0.378 e. The van der Waals surface area contributed by atoms with E-state index in [-0.39, 0.29) is 24.5 Å². The van der Waals surface area contributed by atoms with E-state index in [1.807, 2.05) is 11.8 Å². The van der Waals surface area contributed by atoms with Crippen molar-refractivity contribution in [3.8, 4) is 0 Å². The molecule has 2 aromatic rings. The van der Waals surface area contributed by atoms with Crippen LogP contribution in [0.4, 0.5) is 30.6 Å². The molecular weight excluding hydrogens is 373 g/mol. The Hall–Kier alpha value is -2.55. The maximum atomic E-state index is 13.8. The van der Waals surface area contributed by atoms with Crippen molar-refractivity contribution in [1.82, 2.24) is 9.55 Å². The van der Waals surface area contributed by atoms with Crippen LogP contribution in [0.3, 0.4) is 0 Å². The Morgan fingerprint density at radius 3 is 2.43 bits per heavy atom. The average Bonchev–Trinajstić information content (AvgIpc) is 2.68. The monoisotopic (exact) mass is 394 g/mol. The summed E-state index contributed by atoms with van der Waals surface area (Å²) in [5, 5.41) is 0. The van der Waals surface area contributed by atoms with Crippen LogP contribution in [0.1, 0.15) is 12.0 Å². The maximum Gasteiger partial charge on any atom is 0.409 e. The van der Waals surface area contributed by atoms with Crippen molar-refractivity contribution in [1.29, 1.82) is 0 Å². The predicted molar refractivity (Wildman–Crippen MR) is 99.3 cm³/mol. The topological polar surface area (TPSA) is 50.6 Å². The zero-order valence-corrected chi connectivity index (χ0v) is 15.4. The molecule has 4 rings (SSSR count). The third-order valence-corrected chi connectivity index (χ3v) is 5.15. The summed E-state index contributed by atoms with van der Waals surface area (Å²) < 4.78 is 48.1. The number of anilines is 3. The largest absolute Gasteiger partial charge is 0.409 e. The highest BCUT2D eigenvalue weighted by molar-refractivity contribution is 5.62. The summed E-state index contributed by atoms with van der Waals surface area (Å²) in [6, 6.07) is 6.45. The second-order valence-corrected chi connectivity index (χ2v) is 7.06. The summed E-state index contributed by atoms with van der Waals surface area (Å²) in [7, 11) is 0. The fourth-order valence-corrected chi connectivity index (χ4v) is 3.66. The number of rotatable bonds is 2. The molecule has 2 aliphatic rings. The van der Waals surface area contributed by atoms with Crippen LogP contribution in [0, 0.1) is 6.92 Å². The van der Waals surface area contributed by atoms with Gasteiger partial charge in [0.05, 0.1) is 13.2 Å². The zero-order chi connectivity index (χ0) is 19.9. The normalized spacial score (nSPS) is 20.2. The van der Waals surface area contributed by atoms with Gasteiger partial charge in [0.2, 0.25) is 5.95 Å². The fourth-order valence-electron chi connectivity index (χ4n) is 3.66. The number of morpholine rings is 1. The van der Waals surface area contributed by atoms with E-state index in [2.05, 4.69) is 4.98 Å². The molecule has 9 heteroatoms. The van der Waals surface area contributed by atoms with Crippen LogP contribution in [-0.4, -0.2) is 48.1 Å². The fraction of sp³-hybridized carbons (Fsp3) is 0.474. The van der Waals surface area contributed by atoms with Crippen LogP contribution in [0.15, 0.2) is 35.1 Å². The molecule has 150 valence electrons. The Balaban J connectivity index is 1.85. The van der Waals surface area contributed by atoms with Gasteiger partial charge in [-0.3, -0.25) is 14.3 Å². The van der Waals surface area contributed by atoms with E-state index in [0.29, 0.717) is 37.8 Å². The van der Waals surface area contributed by atoms with Gasteiger partial charge < -0.3 is 9.64 Å². The minimum atomic E-state index is -4.44. The summed E-state index contributed by atoms with van der Waals surface area (Å²) in [6.07, 6.45) is -4.65. The number of hydrogen-bond donors (Lipinski definition) is 0. The van der Waals surface area contributed by atoms with Crippen LogP contribution in [-0.2, 0) is 11.3 Å². The van der Waals surface area contributed by atoms with Crippen molar-refractivity contribution in [2.75, 3.05) is 36.1 Å². The van der Waals surface area contributed by atoms with Crippen LogP contribution >= 0.6 is 0 Å². The first kappa shape index (κ1) is 18.8. The molecule has 1 fully saturated rings. The summed E-state index contributed by atoms with van der Waals surface area (Å²) >= 11 is 0. The van der Waals surface area contributed by atoms with E-state index in [0.717, 1.165) is 10.5 Å². The minimum Gasteiger partial charge on any atom is -0.378 e. The van der Waals surface area contributed by atoms with Gasteiger partial charge in [-0.25, -0.2) is 0 Å². The van der Waals surface area contributed by atoms with Gasteiger partial charge in [-0.1, -0.05) is 17.7 Å². The zero-order valence-electron chi connectivity index (χ0n) is 15.4. The van der Waals surface area contributed by atoms with Gasteiger partial charge >= 0.3 is 6.18 Å². The number of alkyl halides is 3. The molecule has 0 amide bonds. The van der Waals surface area contributed by atoms with Gasteiger partial charge in [-0.05, 0) is 25.5 Å². The standard InChI is InChI=1S/C19H21F3N4O2/c1-13-2-4-14(5-3-13)26-15(19(20,21)22)6-7-25-17(27)12-16(23-18(25)26)24-8-10-28-11-9-24/h2-5,12,15H,6-11H2,1H3/t15-/m0/s1. The van der Waals surface area contributed by atoms with Gasteiger partial charge in [-0.2, -0.15) is 18.2 Å². The van der Waals surface area contributed by atoms with E-state index in [1.54, 1.807) is 24.3 Å². The molecule has 0 bridgehead atoms. The van der Waals surface area contributed by atoms with Gasteiger partial charge in [0.15, 0.2) is 0 Å². The van der Waals surface area contributed by atoms with Gasteiger partial charge in [0, 0.05) is 31.4 Å². The van der Waals surface area contributed by atoms with E-state index < -0.39 is 12.2 Å². The van der Waals surface area contributed by atoms with E-state index in [1.165, 1.54) is 10.6 Å². The number of nitrogens with zero attached hydrogens (tertiary/aromatic N) is 4. The highest BCUT2D eigenvalue weighted by atomic mass is 19.4. The molecule has 0 N–H and O–H groups in total. The minimum absolute atomic E-state index is 0.0168. The summed E-state index contributed by atoms with van der Waals surface area (Å²) in [5.41, 5.74) is 0.966.